The van der Waals surface area contributed by atoms with Crippen LogP contribution >= 0.6 is 0 Å². The minimum absolute atomic E-state index is 0.196. The zero-order valence-electron chi connectivity index (χ0n) is 13.2. The number of carbonyl (C=O) groups excluding carboxylic acids is 2. The molecule has 0 spiro atoms. The number of ether oxygens (including phenoxy) is 2. The number of furan rings is 1. The van der Waals surface area contributed by atoms with E-state index in [0.717, 1.165) is 11.3 Å². The first kappa shape index (κ1) is 15.9. The van der Waals surface area contributed by atoms with Crippen LogP contribution in [0.1, 0.15) is 18.2 Å². The Labute approximate surface area is 138 Å². The molecule has 1 aliphatic heterocycles. The summed E-state index contributed by atoms with van der Waals surface area (Å²) in [4.78, 5) is 23.8. The molecule has 0 fully saturated rings. The number of fused-ring (bicyclic) bond motifs is 1. The summed E-state index contributed by atoms with van der Waals surface area (Å²) in [6, 6.07) is 8.75. The van der Waals surface area contributed by atoms with E-state index in [-0.39, 0.29) is 19.4 Å². The molecule has 2 heterocycles. The van der Waals surface area contributed by atoms with E-state index in [1.54, 1.807) is 24.5 Å². The molecule has 0 bridgehead atoms. The molecule has 7 nitrogen and oxygen atoms in total. The van der Waals surface area contributed by atoms with Crippen molar-refractivity contribution in [3.8, 4) is 11.5 Å². The Bertz CT molecular complexity index is 727. The molecule has 24 heavy (non-hydrogen) atoms. The maximum absolute atomic E-state index is 11.9. The van der Waals surface area contributed by atoms with Gasteiger partial charge in [0.15, 0.2) is 11.5 Å². The molecule has 0 saturated carbocycles. The maximum atomic E-state index is 11.9. The van der Waals surface area contributed by atoms with Gasteiger partial charge in [0.2, 0.25) is 6.79 Å². The second-order valence-electron chi connectivity index (χ2n) is 5.53. The lowest BCUT2D eigenvalue weighted by Gasteiger charge is -2.12. The van der Waals surface area contributed by atoms with Crippen molar-refractivity contribution < 1.29 is 23.5 Å². The minimum Gasteiger partial charge on any atom is -0.469 e. The first-order valence-electron chi connectivity index (χ1n) is 7.61. The lowest BCUT2D eigenvalue weighted by atomic mass is 10.2. The van der Waals surface area contributed by atoms with Crippen LogP contribution in [0.2, 0.25) is 0 Å². The predicted molar refractivity (Wildman–Crippen MR) is 84.4 cm³/mol. The van der Waals surface area contributed by atoms with Gasteiger partial charge in [0.1, 0.15) is 5.76 Å². The average molecular weight is 330 g/mol. The highest BCUT2D eigenvalue weighted by Gasteiger charge is 2.18. The largest absolute Gasteiger partial charge is 0.469 e. The highest BCUT2D eigenvalue weighted by Crippen LogP contribution is 2.32. The van der Waals surface area contributed by atoms with Crippen molar-refractivity contribution in [3.63, 3.8) is 0 Å². The third kappa shape index (κ3) is 3.87. The van der Waals surface area contributed by atoms with Crippen LogP contribution in [0, 0.1) is 0 Å². The third-order valence-electron chi connectivity index (χ3n) is 3.56. The molecular formula is C17H18N2O5. The molecule has 1 aromatic carbocycles. The molecule has 0 aliphatic carbocycles. The molecule has 0 radical (unpaired) electrons. The Morgan fingerprint density at radius 2 is 2.00 bits per heavy atom. The van der Waals surface area contributed by atoms with E-state index in [0.29, 0.717) is 17.9 Å². The third-order valence-corrected chi connectivity index (χ3v) is 3.56. The van der Waals surface area contributed by atoms with Gasteiger partial charge in [0, 0.05) is 19.0 Å². The van der Waals surface area contributed by atoms with Crippen LogP contribution in [-0.4, -0.2) is 24.6 Å². The van der Waals surface area contributed by atoms with Crippen LogP contribution in [0.25, 0.3) is 0 Å². The van der Waals surface area contributed by atoms with Gasteiger partial charge in [-0.05, 0) is 36.8 Å². The Balaban J connectivity index is 1.46. The Hall–Kier alpha value is -2.96. The minimum atomic E-state index is -0.682. The summed E-state index contributed by atoms with van der Waals surface area (Å²) in [7, 11) is 0. The van der Waals surface area contributed by atoms with E-state index >= 15 is 0 Å². The number of hydrogen-bond donors (Lipinski definition) is 2. The molecule has 1 atom stereocenters. The first-order valence-corrected chi connectivity index (χ1v) is 7.61. The highest BCUT2D eigenvalue weighted by molar-refractivity contribution is 6.35. The van der Waals surface area contributed by atoms with Crippen molar-refractivity contribution in [2.45, 2.75) is 25.9 Å². The van der Waals surface area contributed by atoms with Crippen LogP contribution in [0.5, 0.6) is 11.5 Å². The fraction of sp³-hybridized carbons (Fsp3) is 0.294. The van der Waals surface area contributed by atoms with Crippen molar-refractivity contribution >= 4 is 11.8 Å². The normalized spacial score (nSPS) is 13.4. The van der Waals surface area contributed by atoms with E-state index in [4.69, 9.17) is 13.9 Å². The average Bonchev–Trinajstić information content (AvgIpc) is 3.23. The maximum Gasteiger partial charge on any atom is 0.309 e. The van der Waals surface area contributed by atoms with Crippen molar-refractivity contribution in [2.24, 2.45) is 0 Å². The SMILES string of the molecule is C[C@H](Cc1ccco1)NC(=O)C(=O)NCc1ccc2c(c1)OCO2. The summed E-state index contributed by atoms with van der Waals surface area (Å²) < 4.78 is 15.7. The number of hydrogen-bond acceptors (Lipinski definition) is 5. The van der Waals surface area contributed by atoms with Crippen LogP contribution < -0.4 is 20.1 Å². The molecule has 0 saturated heterocycles. The smallest absolute Gasteiger partial charge is 0.309 e. The summed E-state index contributed by atoms with van der Waals surface area (Å²) in [5.41, 5.74) is 0.823. The molecule has 3 rings (SSSR count). The fourth-order valence-electron chi connectivity index (χ4n) is 2.38. The highest BCUT2D eigenvalue weighted by atomic mass is 16.7. The number of amides is 2. The summed E-state index contributed by atoms with van der Waals surface area (Å²) in [6.45, 7) is 2.24. The number of rotatable bonds is 5. The molecular weight excluding hydrogens is 312 g/mol. The number of carbonyl (C=O) groups is 2. The second-order valence-corrected chi connectivity index (χ2v) is 5.53. The lowest BCUT2D eigenvalue weighted by Crippen LogP contribution is -2.44. The topological polar surface area (TPSA) is 89.8 Å². The van der Waals surface area contributed by atoms with Gasteiger partial charge >= 0.3 is 11.8 Å². The quantitative estimate of drug-likeness (QED) is 0.808. The molecule has 0 unspecified atom stereocenters. The number of nitrogens with one attached hydrogen (secondary N) is 2. The molecule has 2 N–H and O–H groups in total. The zero-order valence-corrected chi connectivity index (χ0v) is 13.2. The molecule has 1 aromatic heterocycles. The Morgan fingerprint density at radius 1 is 1.17 bits per heavy atom. The van der Waals surface area contributed by atoms with Crippen LogP contribution in [0.4, 0.5) is 0 Å². The summed E-state index contributed by atoms with van der Waals surface area (Å²) in [5, 5.41) is 5.22. The van der Waals surface area contributed by atoms with E-state index in [9.17, 15) is 9.59 Å². The summed E-state index contributed by atoms with van der Waals surface area (Å²) in [5.74, 6) is 0.713. The number of benzene rings is 1. The van der Waals surface area contributed by atoms with E-state index < -0.39 is 11.8 Å². The van der Waals surface area contributed by atoms with Gasteiger partial charge in [-0.1, -0.05) is 6.07 Å². The van der Waals surface area contributed by atoms with Gasteiger partial charge in [-0.15, -0.1) is 0 Å². The molecule has 2 amide bonds. The Morgan fingerprint density at radius 3 is 2.79 bits per heavy atom. The van der Waals surface area contributed by atoms with Gasteiger partial charge in [0.25, 0.3) is 0 Å². The van der Waals surface area contributed by atoms with Gasteiger partial charge in [-0.25, -0.2) is 0 Å². The monoisotopic (exact) mass is 330 g/mol. The predicted octanol–water partition coefficient (Wildman–Crippen LogP) is 1.37. The molecule has 1 aliphatic rings. The van der Waals surface area contributed by atoms with E-state index in [1.807, 2.05) is 19.1 Å². The summed E-state index contributed by atoms with van der Waals surface area (Å²) in [6.07, 6.45) is 2.09. The standard InChI is InChI=1S/C17H18N2O5/c1-11(7-13-3-2-6-22-13)19-17(21)16(20)18-9-12-4-5-14-15(8-12)24-10-23-14/h2-6,8,11H,7,9-10H2,1H3,(H,18,20)(H,19,21)/t11-/m1/s1. The van der Waals surface area contributed by atoms with Gasteiger partial charge in [-0.2, -0.15) is 0 Å². The zero-order chi connectivity index (χ0) is 16.9. The van der Waals surface area contributed by atoms with Gasteiger partial charge in [0.05, 0.1) is 6.26 Å². The van der Waals surface area contributed by atoms with Crippen molar-refractivity contribution in [1.82, 2.24) is 10.6 Å². The first-order chi connectivity index (χ1) is 11.6. The molecule has 126 valence electrons. The van der Waals surface area contributed by atoms with Crippen LogP contribution in [0.15, 0.2) is 41.0 Å². The van der Waals surface area contributed by atoms with E-state index in [1.165, 1.54) is 0 Å². The van der Waals surface area contributed by atoms with Crippen LogP contribution in [0.3, 0.4) is 0 Å². The molecule has 7 heteroatoms. The van der Waals surface area contributed by atoms with Gasteiger partial charge < -0.3 is 24.5 Å². The van der Waals surface area contributed by atoms with Crippen molar-refractivity contribution in [2.75, 3.05) is 6.79 Å². The van der Waals surface area contributed by atoms with Crippen molar-refractivity contribution in [3.05, 3.63) is 47.9 Å². The van der Waals surface area contributed by atoms with Crippen LogP contribution in [-0.2, 0) is 22.6 Å². The van der Waals surface area contributed by atoms with Gasteiger partial charge in [-0.3, -0.25) is 9.59 Å². The fourth-order valence-corrected chi connectivity index (χ4v) is 2.38. The molecule has 2 aromatic rings. The lowest BCUT2D eigenvalue weighted by molar-refractivity contribution is -0.139. The summed E-state index contributed by atoms with van der Waals surface area (Å²) >= 11 is 0. The second kappa shape index (κ2) is 7.08. The van der Waals surface area contributed by atoms with Crippen molar-refractivity contribution in [1.29, 1.82) is 0 Å². The van der Waals surface area contributed by atoms with E-state index in [2.05, 4.69) is 10.6 Å². The Kier molecular flexibility index (Phi) is 4.69.